The zero-order valence-electron chi connectivity index (χ0n) is 14.3. The fraction of sp³-hybridized carbons (Fsp3) is 0.375. The second-order valence-corrected chi connectivity index (χ2v) is 8.00. The quantitative estimate of drug-likeness (QED) is 0.835. The van der Waals surface area contributed by atoms with Crippen LogP contribution in [-0.2, 0) is 10.0 Å². The molecule has 1 aromatic heterocycles. The maximum atomic E-state index is 13.0. The Kier molecular flexibility index (Phi) is 4.53. The number of rotatable bonds is 5. The summed E-state index contributed by atoms with van der Waals surface area (Å²) in [5.41, 5.74) is 1.24. The van der Waals surface area contributed by atoms with Crippen molar-refractivity contribution in [3.8, 4) is 5.75 Å². The van der Waals surface area contributed by atoms with Gasteiger partial charge in [-0.25, -0.2) is 13.5 Å². The molecule has 9 heteroatoms. The summed E-state index contributed by atoms with van der Waals surface area (Å²) in [6.45, 7) is 2.83. The highest BCUT2D eigenvalue weighted by Crippen LogP contribution is 2.30. The number of hydrogen-bond acceptors (Lipinski definition) is 6. The van der Waals surface area contributed by atoms with E-state index in [2.05, 4.69) is 10.2 Å². The van der Waals surface area contributed by atoms with Crippen LogP contribution >= 0.6 is 0 Å². The predicted molar refractivity (Wildman–Crippen MR) is 93.5 cm³/mol. The minimum Gasteiger partial charge on any atom is -0.495 e. The van der Waals surface area contributed by atoms with Crippen molar-refractivity contribution in [2.24, 2.45) is 0 Å². The summed E-state index contributed by atoms with van der Waals surface area (Å²) >= 11 is 0. The molecule has 1 aliphatic rings. The topological polar surface area (TPSA) is 95.6 Å². The minimum atomic E-state index is -3.68. The fourth-order valence-electron chi connectivity index (χ4n) is 2.77. The predicted octanol–water partition coefficient (Wildman–Crippen LogP) is 0.596. The van der Waals surface area contributed by atoms with Crippen molar-refractivity contribution >= 4 is 15.7 Å². The number of likely N-dealkylation sites (N-methyl/N-ethyl adjacent to an activating group) is 1. The lowest BCUT2D eigenvalue weighted by Crippen LogP contribution is -2.59. The standard InChI is InChI=1S/C16H20N4O4S/c1-11-4-5-14(24-3)15(6-11)25(22,23)19(2)13-9-20(10-13)12-7-16(21)18-17-8-12/h4-8,13H,9-10H2,1-3H3,(H,18,21). The van der Waals surface area contributed by atoms with E-state index in [9.17, 15) is 13.2 Å². The molecule has 3 rings (SSSR count). The van der Waals surface area contributed by atoms with Crippen LogP contribution in [0.25, 0.3) is 0 Å². The molecule has 0 aliphatic carbocycles. The maximum absolute atomic E-state index is 13.0. The highest BCUT2D eigenvalue weighted by molar-refractivity contribution is 7.89. The average molecular weight is 364 g/mol. The third kappa shape index (κ3) is 3.24. The summed E-state index contributed by atoms with van der Waals surface area (Å²) in [7, 11) is -0.662. The van der Waals surface area contributed by atoms with E-state index >= 15 is 0 Å². The summed E-state index contributed by atoms with van der Waals surface area (Å²) in [4.78, 5) is 13.4. The van der Waals surface area contributed by atoms with Gasteiger partial charge in [-0.1, -0.05) is 6.07 Å². The number of aromatic nitrogens is 2. The van der Waals surface area contributed by atoms with Crippen molar-refractivity contribution in [3.05, 3.63) is 46.4 Å². The van der Waals surface area contributed by atoms with Gasteiger partial charge in [-0.05, 0) is 24.6 Å². The van der Waals surface area contributed by atoms with Crippen molar-refractivity contribution in [1.82, 2.24) is 14.5 Å². The SMILES string of the molecule is COc1ccc(C)cc1S(=O)(=O)N(C)C1CN(c2cn[nH]c(=O)c2)C1. The monoisotopic (exact) mass is 364 g/mol. The van der Waals surface area contributed by atoms with E-state index in [1.807, 2.05) is 17.9 Å². The number of aryl methyl sites for hydroxylation is 1. The second kappa shape index (κ2) is 6.49. The molecule has 0 radical (unpaired) electrons. The Hall–Kier alpha value is -2.39. The molecule has 1 aromatic carbocycles. The average Bonchev–Trinajstić information content (AvgIpc) is 2.53. The highest BCUT2D eigenvalue weighted by atomic mass is 32.2. The van der Waals surface area contributed by atoms with Crippen molar-refractivity contribution in [1.29, 1.82) is 0 Å². The van der Waals surface area contributed by atoms with Gasteiger partial charge in [-0.2, -0.15) is 9.40 Å². The molecule has 1 N–H and O–H groups in total. The van der Waals surface area contributed by atoms with Gasteiger partial charge < -0.3 is 9.64 Å². The summed E-state index contributed by atoms with van der Waals surface area (Å²) in [5, 5.41) is 6.08. The normalized spacial score (nSPS) is 15.3. The number of nitrogens with one attached hydrogen (secondary N) is 1. The van der Waals surface area contributed by atoms with Crippen molar-refractivity contribution in [3.63, 3.8) is 0 Å². The van der Waals surface area contributed by atoms with Gasteiger partial charge in [-0.3, -0.25) is 4.79 Å². The Bertz CT molecular complexity index is 935. The number of methoxy groups -OCH3 is 1. The molecule has 1 fully saturated rings. The largest absolute Gasteiger partial charge is 0.495 e. The molecule has 2 heterocycles. The number of aromatic amines is 1. The lowest BCUT2D eigenvalue weighted by molar-refractivity contribution is 0.309. The fourth-order valence-corrected chi connectivity index (χ4v) is 4.35. The first-order valence-corrected chi connectivity index (χ1v) is 9.19. The molecule has 0 spiro atoms. The molecule has 0 amide bonds. The van der Waals surface area contributed by atoms with Crippen LogP contribution in [0.1, 0.15) is 5.56 Å². The second-order valence-electron chi connectivity index (χ2n) is 6.04. The zero-order valence-corrected chi connectivity index (χ0v) is 15.1. The number of hydrogen-bond donors (Lipinski definition) is 1. The molecular formula is C16H20N4O4S. The zero-order chi connectivity index (χ0) is 18.2. The van der Waals surface area contributed by atoms with Crippen LogP contribution in [0.3, 0.4) is 0 Å². The van der Waals surface area contributed by atoms with Crippen LogP contribution < -0.4 is 15.2 Å². The van der Waals surface area contributed by atoms with Crippen LogP contribution in [0.15, 0.2) is 40.2 Å². The van der Waals surface area contributed by atoms with Crippen LogP contribution in [0.5, 0.6) is 5.75 Å². The molecule has 1 saturated heterocycles. The van der Waals surface area contributed by atoms with E-state index in [1.54, 1.807) is 25.4 Å². The molecular weight excluding hydrogens is 344 g/mol. The van der Waals surface area contributed by atoms with E-state index < -0.39 is 10.0 Å². The van der Waals surface area contributed by atoms with Gasteiger partial charge in [0.2, 0.25) is 10.0 Å². The first-order chi connectivity index (χ1) is 11.8. The third-order valence-corrected chi connectivity index (χ3v) is 6.30. The van der Waals surface area contributed by atoms with Gasteiger partial charge in [0, 0.05) is 26.2 Å². The molecule has 0 bridgehead atoms. The molecule has 1 aliphatic heterocycles. The van der Waals surface area contributed by atoms with E-state index in [4.69, 9.17) is 4.74 Å². The van der Waals surface area contributed by atoms with E-state index in [-0.39, 0.29) is 16.5 Å². The van der Waals surface area contributed by atoms with Crippen LogP contribution in [0, 0.1) is 6.92 Å². The van der Waals surface area contributed by atoms with Crippen LogP contribution in [0.4, 0.5) is 5.69 Å². The first kappa shape index (κ1) is 17.4. The van der Waals surface area contributed by atoms with E-state index in [1.165, 1.54) is 17.5 Å². The minimum absolute atomic E-state index is 0.161. The molecule has 8 nitrogen and oxygen atoms in total. The van der Waals surface area contributed by atoms with Gasteiger partial charge in [0.1, 0.15) is 10.6 Å². The lowest BCUT2D eigenvalue weighted by Gasteiger charge is -2.44. The van der Waals surface area contributed by atoms with Gasteiger partial charge >= 0.3 is 0 Å². The number of ether oxygens (including phenoxy) is 1. The Labute approximate surface area is 146 Å². The first-order valence-electron chi connectivity index (χ1n) is 7.75. The van der Waals surface area contributed by atoms with Gasteiger partial charge in [0.25, 0.3) is 5.56 Å². The number of nitrogens with zero attached hydrogens (tertiary/aromatic N) is 3. The molecule has 0 atom stereocenters. The number of H-pyrrole nitrogens is 1. The molecule has 0 saturated carbocycles. The summed E-state index contributed by atoms with van der Waals surface area (Å²) < 4.78 is 32.5. The van der Waals surface area contributed by atoms with Crippen molar-refractivity contribution < 1.29 is 13.2 Å². The number of sulfonamides is 1. The van der Waals surface area contributed by atoms with E-state index in [0.29, 0.717) is 24.5 Å². The number of benzene rings is 1. The molecule has 134 valence electrons. The number of anilines is 1. The highest BCUT2D eigenvalue weighted by Gasteiger charge is 2.38. The van der Waals surface area contributed by atoms with Crippen molar-refractivity contribution in [2.75, 3.05) is 32.1 Å². The van der Waals surface area contributed by atoms with Crippen LogP contribution in [0.2, 0.25) is 0 Å². The lowest BCUT2D eigenvalue weighted by atomic mass is 10.1. The Morgan fingerprint density at radius 1 is 1.32 bits per heavy atom. The van der Waals surface area contributed by atoms with Crippen molar-refractivity contribution in [2.45, 2.75) is 17.9 Å². The Balaban J connectivity index is 1.79. The smallest absolute Gasteiger partial charge is 0.266 e. The van der Waals surface area contributed by atoms with Gasteiger partial charge in [0.05, 0.1) is 25.0 Å². The van der Waals surface area contributed by atoms with Gasteiger partial charge in [-0.15, -0.1) is 0 Å². The summed E-state index contributed by atoms with van der Waals surface area (Å²) in [5.74, 6) is 0.326. The molecule has 0 unspecified atom stereocenters. The Morgan fingerprint density at radius 3 is 2.68 bits per heavy atom. The Morgan fingerprint density at radius 2 is 2.04 bits per heavy atom. The maximum Gasteiger partial charge on any atom is 0.266 e. The molecule has 25 heavy (non-hydrogen) atoms. The van der Waals surface area contributed by atoms with Gasteiger partial charge in [0.15, 0.2) is 0 Å². The summed E-state index contributed by atoms with van der Waals surface area (Å²) in [6, 6.07) is 6.34. The summed E-state index contributed by atoms with van der Waals surface area (Å²) in [6.07, 6.45) is 1.55. The van der Waals surface area contributed by atoms with Crippen LogP contribution in [-0.4, -0.2) is 56.2 Å². The van der Waals surface area contributed by atoms with E-state index in [0.717, 1.165) is 5.56 Å². The molecule has 2 aromatic rings. The third-order valence-electron chi connectivity index (χ3n) is 4.37.